The lowest BCUT2D eigenvalue weighted by atomic mass is 10.3. The minimum atomic E-state index is -3.52. The quantitative estimate of drug-likeness (QED) is 0.810. The molecule has 0 unspecified atom stereocenters. The summed E-state index contributed by atoms with van der Waals surface area (Å²) >= 11 is 5.98. The highest BCUT2D eigenvalue weighted by Gasteiger charge is 2.23. The zero-order chi connectivity index (χ0) is 13.8. The van der Waals surface area contributed by atoms with Crippen LogP contribution in [0.4, 0.5) is 0 Å². The normalized spacial score (nSPS) is 11.8. The molecule has 0 amide bonds. The summed E-state index contributed by atoms with van der Waals surface area (Å²) in [5, 5.41) is 0.178. The maximum atomic E-state index is 12.3. The standard InChI is InChI=1S/C12H18ClNO3S/c1-4-5-8-14(2)18(15,16)12-7-6-10(17-3)9-11(12)13/h6-7,9H,4-5,8H2,1-3H3. The zero-order valence-electron chi connectivity index (χ0n) is 10.8. The van der Waals surface area contributed by atoms with Gasteiger partial charge in [-0.05, 0) is 18.6 Å². The number of benzene rings is 1. The van der Waals surface area contributed by atoms with E-state index in [4.69, 9.17) is 16.3 Å². The van der Waals surface area contributed by atoms with Gasteiger partial charge in [0, 0.05) is 19.7 Å². The largest absolute Gasteiger partial charge is 0.497 e. The lowest BCUT2D eigenvalue weighted by molar-refractivity contribution is 0.414. The maximum absolute atomic E-state index is 12.3. The van der Waals surface area contributed by atoms with E-state index in [1.54, 1.807) is 13.1 Å². The molecule has 18 heavy (non-hydrogen) atoms. The summed E-state index contributed by atoms with van der Waals surface area (Å²) in [5.74, 6) is 0.537. The van der Waals surface area contributed by atoms with Crippen LogP contribution in [0.15, 0.2) is 23.1 Å². The average molecular weight is 292 g/mol. The summed E-state index contributed by atoms with van der Waals surface area (Å²) in [7, 11) is -0.453. The SMILES string of the molecule is CCCCN(C)S(=O)(=O)c1ccc(OC)cc1Cl. The summed E-state index contributed by atoms with van der Waals surface area (Å²) in [6.45, 7) is 2.50. The van der Waals surface area contributed by atoms with Crippen molar-refractivity contribution in [1.29, 1.82) is 0 Å². The third-order valence-electron chi connectivity index (χ3n) is 2.65. The predicted octanol–water partition coefficient (Wildman–Crippen LogP) is 2.77. The van der Waals surface area contributed by atoms with E-state index in [-0.39, 0.29) is 9.92 Å². The fourth-order valence-electron chi connectivity index (χ4n) is 1.49. The molecule has 0 aliphatic heterocycles. The van der Waals surface area contributed by atoms with Crippen LogP contribution in [-0.2, 0) is 10.0 Å². The van der Waals surface area contributed by atoms with Crippen LogP contribution >= 0.6 is 11.6 Å². The first-order valence-corrected chi connectivity index (χ1v) is 7.55. The molecule has 4 nitrogen and oxygen atoms in total. The Kier molecular flexibility index (Phi) is 5.44. The molecule has 0 N–H and O–H groups in total. The second kappa shape index (κ2) is 6.41. The number of hydrogen-bond acceptors (Lipinski definition) is 3. The highest BCUT2D eigenvalue weighted by molar-refractivity contribution is 7.89. The lowest BCUT2D eigenvalue weighted by Gasteiger charge is -2.17. The van der Waals surface area contributed by atoms with Gasteiger partial charge in [-0.1, -0.05) is 24.9 Å². The number of sulfonamides is 1. The van der Waals surface area contributed by atoms with E-state index in [1.807, 2.05) is 6.92 Å². The smallest absolute Gasteiger partial charge is 0.244 e. The first-order chi connectivity index (χ1) is 8.43. The second-order valence-corrected chi connectivity index (χ2v) is 6.40. The van der Waals surface area contributed by atoms with Crippen LogP contribution < -0.4 is 4.74 Å². The first-order valence-electron chi connectivity index (χ1n) is 5.73. The van der Waals surface area contributed by atoms with Gasteiger partial charge in [-0.25, -0.2) is 12.7 Å². The Morgan fingerprint density at radius 2 is 2.06 bits per heavy atom. The minimum absolute atomic E-state index is 0.114. The van der Waals surface area contributed by atoms with Gasteiger partial charge in [-0.3, -0.25) is 0 Å². The second-order valence-electron chi connectivity index (χ2n) is 3.98. The highest BCUT2D eigenvalue weighted by Crippen LogP contribution is 2.28. The van der Waals surface area contributed by atoms with E-state index >= 15 is 0 Å². The number of ether oxygens (including phenoxy) is 1. The molecular weight excluding hydrogens is 274 g/mol. The van der Waals surface area contributed by atoms with Gasteiger partial charge >= 0.3 is 0 Å². The van der Waals surface area contributed by atoms with Gasteiger partial charge in [0.2, 0.25) is 10.0 Å². The number of nitrogens with zero attached hydrogens (tertiary/aromatic N) is 1. The van der Waals surface area contributed by atoms with Gasteiger partial charge in [0.15, 0.2) is 0 Å². The molecule has 0 radical (unpaired) electrons. The van der Waals surface area contributed by atoms with Crippen molar-refractivity contribution in [2.45, 2.75) is 24.7 Å². The van der Waals surface area contributed by atoms with Gasteiger partial charge in [0.1, 0.15) is 10.6 Å². The van der Waals surface area contributed by atoms with E-state index in [0.29, 0.717) is 12.3 Å². The molecule has 0 bridgehead atoms. The van der Waals surface area contributed by atoms with Crippen molar-refractivity contribution in [3.8, 4) is 5.75 Å². The molecule has 1 aromatic rings. The summed E-state index contributed by atoms with van der Waals surface area (Å²) in [6.07, 6.45) is 1.76. The van der Waals surface area contributed by atoms with Crippen molar-refractivity contribution in [2.75, 3.05) is 20.7 Å². The third kappa shape index (κ3) is 3.37. The van der Waals surface area contributed by atoms with Crippen molar-refractivity contribution in [3.05, 3.63) is 23.2 Å². The van der Waals surface area contributed by atoms with Gasteiger partial charge in [-0.15, -0.1) is 0 Å². The Morgan fingerprint density at radius 1 is 1.39 bits per heavy atom. The molecule has 0 spiro atoms. The molecular formula is C12H18ClNO3S. The molecule has 0 aliphatic rings. The number of hydrogen-bond donors (Lipinski definition) is 0. The van der Waals surface area contributed by atoms with E-state index in [2.05, 4.69) is 0 Å². The van der Waals surface area contributed by atoms with Crippen LogP contribution in [0.3, 0.4) is 0 Å². The fraction of sp³-hybridized carbons (Fsp3) is 0.500. The molecule has 0 aliphatic carbocycles. The van der Waals surface area contributed by atoms with Gasteiger partial charge in [-0.2, -0.15) is 0 Å². The molecule has 6 heteroatoms. The highest BCUT2D eigenvalue weighted by atomic mass is 35.5. The van der Waals surface area contributed by atoms with E-state index in [1.165, 1.54) is 23.5 Å². The van der Waals surface area contributed by atoms with Crippen LogP contribution in [0, 0.1) is 0 Å². The Labute approximate surface area is 114 Å². The number of methoxy groups -OCH3 is 1. The molecule has 102 valence electrons. The summed E-state index contributed by atoms with van der Waals surface area (Å²) in [6, 6.07) is 4.56. The van der Waals surface area contributed by atoms with E-state index < -0.39 is 10.0 Å². The number of rotatable bonds is 6. The van der Waals surface area contributed by atoms with Crippen LogP contribution in [-0.4, -0.2) is 33.4 Å². The van der Waals surface area contributed by atoms with Gasteiger partial charge in [0.05, 0.1) is 12.1 Å². The summed E-state index contributed by atoms with van der Waals surface area (Å²) < 4.78 is 30.8. The Bertz CT molecular complexity index is 502. The first kappa shape index (κ1) is 15.3. The Hall–Kier alpha value is -0.780. The summed E-state index contributed by atoms with van der Waals surface area (Å²) in [4.78, 5) is 0.114. The van der Waals surface area contributed by atoms with Crippen molar-refractivity contribution in [2.24, 2.45) is 0 Å². The topological polar surface area (TPSA) is 46.6 Å². The van der Waals surface area contributed by atoms with Gasteiger partial charge < -0.3 is 4.74 Å². The Balaban J connectivity index is 3.05. The van der Waals surface area contributed by atoms with E-state index in [0.717, 1.165) is 12.8 Å². The zero-order valence-corrected chi connectivity index (χ0v) is 12.4. The lowest BCUT2D eigenvalue weighted by Crippen LogP contribution is -2.28. The number of unbranched alkanes of at least 4 members (excludes halogenated alkanes) is 1. The van der Waals surface area contributed by atoms with Crippen LogP contribution in [0.25, 0.3) is 0 Å². The molecule has 0 fully saturated rings. The van der Waals surface area contributed by atoms with Crippen molar-refractivity contribution < 1.29 is 13.2 Å². The van der Waals surface area contributed by atoms with Crippen molar-refractivity contribution in [3.63, 3.8) is 0 Å². The van der Waals surface area contributed by atoms with Gasteiger partial charge in [0.25, 0.3) is 0 Å². The van der Waals surface area contributed by atoms with Crippen LogP contribution in [0.1, 0.15) is 19.8 Å². The average Bonchev–Trinajstić information content (AvgIpc) is 2.35. The molecule has 0 saturated heterocycles. The molecule has 0 saturated carbocycles. The van der Waals surface area contributed by atoms with Crippen molar-refractivity contribution >= 4 is 21.6 Å². The van der Waals surface area contributed by atoms with Crippen LogP contribution in [0.2, 0.25) is 5.02 Å². The molecule has 0 aromatic heterocycles. The molecule has 1 aromatic carbocycles. The molecule has 1 rings (SSSR count). The van der Waals surface area contributed by atoms with E-state index in [9.17, 15) is 8.42 Å². The maximum Gasteiger partial charge on any atom is 0.244 e. The molecule has 0 atom stereocenters. The summed E-state index contributed by atoms with van der Waals surface area (Å²) in [5.41, 5.74) is 0. The Morgan fingerprint density at radius 3 is 2.56 bits per heavy atom. The number of halogens is 1. The predicted molar refractivity (Wildman–Crippen MR) is 72.7 cm³/mol. The fourth-order valence-corrected chi connectivity index (χ4v) is 3.20. The van der Waals surface area contributed by atoms with Crippen molar-refractivity contribution in [1.82, 2.24) is 4.31 Å². The monoisotopic (exact) mass is 291 g/mol. The van der Waals surface area contributed by atoms with Crippen LogP contribution in [0.5, 0.6) is 5.75 Å². The molecule has 0 heterocycles. The third-order valence-corrected chi connectivity index (χ3v) is 4.99. The minimum Gasteiger partial charge on any atom is -0.497 e.